The first kappa shape index (κ1) is 8.94. The van der Waals surface area contributed by atoms with Gasteiger partial charge in [-0.15, -0.1) is 0 Å². The minimum atomic E-state index is 0.859. The Hall–Kier alpha value is -1.15. The van der Waals surface area contributed by atoms with Gasteiger partial charge in [0.1, 0.15) is 0 Å². The van der Waals surface area contributed by atoms with Gasteiger partial charge in [-0.3, -0.25) is 4.98 Å². The van der Waals surface area contributed by atoms with E-state index in [2.05, 4.69) is 17.2 Å². The predicted molar refractivity (Wildman–Crippen MR) is 50.4 cm³/mol. The van der Waals surface area contributed by atoms with Gasteiger partial charge >= 0.3 is 0 Å². The van der Waals surface area contributed by atoms with Gasteiger partial charge in [0.25, 0.3) is 0 Å². The minimum Gasteiger partial charge on any atom is -0.309 e. The third-order valence-corrected chi connectivity index (χ3v) is 1.48. The second kappa shape index (κ2) is 5.49. The molecule has 0 unspecified atom stereocenters. The summed E-state index contributed by atoms with van der Waals surface area (Å²) in [6, 6.07) is 3.99. The third-order valence-electron chi connectivity index (χ3n) is 1.48. The number of allylic oxidation sites excluding steroid dienone is 1. The largest absolute Gasteiger partial charge is 0.309 e. The molecule has 0 saturated heterocycles. The van der Waals surface area contributed by atoms with Crippen molar-refractivity contribution in [2.45, 2.75) is 6.54 Å². The zero-order valence-electron chi connectivity index (χ0n) is 7.03. The van der Waals surface area contributed by atoms with Crippen molar-refractivity contribution in [1.29, 1.82) is 0 Å². The van der Waals surface area contributed by atoms with E-state index >= 15 is 0 Å². The van der Waals surface area contributed by atoms with Crippen molar-refractivity contribution in [2.75, 3.05) is 6.54 Å². The summed E-state index contributed by atoms with van der Waals surface area (Å²) in [6.07, 6.45) is 7.41. The Bertz CT molecular complexity index is 229. The van der Waals surface area contributed by atoms with Gasteiger partial charge in [0.15, 0.2) is 0 Å². The zero-order valence-corrected chi connectivity index (χ0v) is 7.03. The first-order valence-corrected chi connectivity index (χ1v) is 3.97. The van der Waals surface area contributed by atoms with E-state index in [1.165, 1.54) is 5.56 Å². The minimum absolute atomic E-state index is 0.859. The highest BCUT2D eigenvalue weighted by atomic mass is 14.8. The summed E-state index contributed by atoms with van der Waals surface area (Å²) in [4.78, 5) is 4.01. The lowest BCUT2D eigenvalue weighted by Gasteiger charge is -1.99. The van der Waals surface area contributed by atoms with Gasteiger partial charge < -0.3 is 5.32 Å². The molecule has 0 spiro atoms. The Balaban J connectivity index is 2.24. The van der Waals surface area contributed by atoms with Gasteiger partial charge in [-0.05, 0) is 18.6 Å². The molecule has 1 heterocycles. The molecular weight excluding hydrogens is 148 g/mol. The van der Waals surface area contributed by atoms with Crippen LogP contribution in [0.25, 0.3) is 0 Å². The van der Waals surface area contributed by atoms with Crippen LogP contribution in [0.4, 0.5) is 0 Å². The smallest absolute Gasteiger partial charge is 0.0312 e. The maximum Gasteiger partial charge on any atom is 0.0312 e. The monoisotopic (exact) mass is 161 g/mol. The summed E-state index contributed by atoms with van der Waals surface area (Å²) < 4.78 is 0. The fourth-order valence-corrected chi connectivity index (χ4v) is 0.886. The number of nitrogens with one attached hydrogen (secondary N) is 1. The van der Waals surface area contributed by atoms with E-state index in [-0.39, 0.29) is 0 Å². The molecule has 0 aliphatic carbocycles. The Kier molecular flexibility index (Phi) is 4.09. The molecular formula is C10H13N2. The standard InChI is InChI=1S/C10H13N2/c1-2-3-6-11-8-10-5-4-7-12-9-10/h2-5,7,9,11H,1,6,8H2. The van der Waals surface area contributed by atoms with Crippen molar-refractivity contribution in [1.82, 2.24) is 10.3 Å². The molecule has 63 valence electrons. The predicted octanol–water partition coefficient (Wildman–Crippen LogP) is 1.56. The van der Waals surface area contributed by atoms with Crippen LogP contribution in [0.1, 0.15) is 5.56 Å². The number of nitrogens with zero attached hydrogens (tertiary/aromatic N) is 1. The highest BCUT2D eigenvalue weighted by Gasteiger charge is 1.87. The Labute approximate surface area is 73.3 Å². The Morgan fingerprint density at radius 3 is 3.17 bits per heavy atom. The number of hydrogen-bond acceptors (Lipinski definition) is 2. The van der Waals surface area contributed by atoms with Crippen LogP contribution in [0.15, 0.2) is 36.7 Å². The number of aromatic nitrogens is 1. The molecule has 0 aliphatic heterocycles. The molecule has 0 saturated carbocycles. The number of hydrogen-bond donors (Lipinski definition) is 1. The molecule has 2 heteroatoms. The third kappa shape index (κ3) is 3.30. The van der Waals surface area contributed by atoms with E-state index < -0.39 is 0 Å². The molecule has 0 atom stereocenters. The highest BCUT2D eigenvalue weighted by Crippen LogP contribution is 1.93. The first-order valence-electron chi connectivity index (χ1n) is 3.97. The van der Waals surface area contributed by atoms with Gasteiger partial charge in [0, 0.05) is 25.5 Å². The quantitative estimate of drug-likeness (QED) is 0.678. The lowest BCUT2D eigenvalue weighted by atomic mass is 10.3. The van der Waals surface area contributed by atoms with Crippen molar-refractivity contribution >= 4 is 0 Å². The summed E-state index contributed by atoms with van der Waals surface area (Å²) in [7, 11) is 0. The summed E-state index contributed by atoms with van der Waals surface area (Å²) in [5.41, 5.74) is 1.20. The van der Waals surface area contributed by atoms with Crippen LogP contribution >= 0.6 is 0 Å². The lowest BCUT2D eigenvalue weighted by molar-refractivity contribution is 0.756. The van der Waals surface area contributed by atoms with Crippen LogP contribution in [0, 0.1) is 6.92 Å². The summed E-state index contributed by atoms with van der Waals surface area (Å²) in [5, 5.41) is 3.24. The van der Waals surface area contributed by atoms with Crippen LogP contribution < -0.4 is 5.32 Å². The van der Waals surface area contributed by atoms with E-state index in [4.69, 9.17) is 0 Å². The van der Waals surface area contributed by atoms with Gasteiger partial charge in [0.05, 0.1) is 0 Å². The zero-order chi connectivity index (χ0) is 8.65. The van der Waals surface area contributed by atoms with Crippen LogP contribution in [0.5, 0.6) is 0 Å². The Morgan fingerprint density at radius 2 is 2.50 bits per heavy atom. The van der Waals surface area contributed by atoms with Gasteiger partial charge in [-0.1, -0.05) is 18.2 Å². The molecule has 12 heavy (non-hydrogen) atoms. The summed E-state index contributed by atoms with van der Waals surface area (Å²) in [5.74, 6) is 0. The molecule has 0 bridgehead atoms. The average Bonchev–Trinajstić information content (AvgIpc) is 2.14. The van der Waals surface area contributed by atoms with Gasteiger partial charge in [-0.2, -0.15) is 0 Å². The van der Waals surface area contributed by atoms with Gasteiger partial charge in [0.2, 0.25) is 0 Å². The fourth-order valence-electron chi connectivity index (χ4n) is 0.886. The van der Waals surface area contributed by atoms with Crippen molar-refractivity contribution in [3.63, 3.8) is 0 Å². The average molecular weight is 161 g/mol. The highest BCUT2D eigenvalue weighted by molar-refractivity contribution is 5.07. The molecule has 0 amide bonds. The first-order chi connectivity index (χ1) is 5.93. The topological polar surface area (TPSA) is 24.9 Å². The summed E-state index contributed by atoms with van der Waals surface area (Å²) in [6.45, 7) is 5.32. The molecule has 2 nitrogen and oxygen atoms in total. The molecule has 0 aliphatic rings. The van der Waals surface area contributed by atoms with E-state index in [1.54, 1.807) is 12.3 Å². The summed E-state index contributed by atoms with van der Waals surface area (Å²) >= 11 is 0. The molecule has 1 aromatic heterocycles. The van der Waals surface area contributed by atoms with E-state index in [0.29, 0.717) is 0 Å². The van der Waals surface area contributed by atoms with E-state index in [1.807, 2.05) is 24.4 Å². The van der Waals surface area contributed by atoms with Crippen molar-refractivity contribution in [3.05, 3.63) is 49.2 Å². The van der Waals surface area contributed by atoms with Gasteiger partial charge in [-0.25, -0.2) is 0 Å². The SMILES string of the molecule is [CH2]C=CCNCc1cccnc1. The van der Waals surface area contributed by atoms with Crippen molar-refractivity contribution in [2.24, 2.45) is 0 Å². The maximum absolute atomic E-state index is 4.01. The van der Waals surface area contributed by atoms with Crippen LogP contribution in [-0.4, -0.2) is 11.5 Å². The number of rotatable bonds is 4. The van der Waals surface area contributed by atoms with Crippen molar-refractivity contribution in [3.8, 4) is 0 Å². The Morgan fingerprint density at radius 1 is 1.58 bits per heavy atom. The molecule has 0 fully saturated rings. The number of pyridine rings is 1. The van der Waals surface area contributed by atoms with Crippen LogP contribution in [-0.2, 0) is 6.54 Å². The molecule has 1 radical (unpaired) electrons. The van der Waals surface area contributed by atoms with E-state index in [0.717, 1.165) is 13.1 Å². The van der Waals surface area contributed by atoms with Crippen molar-refractivity contribution < 1.29 is 0 Å². The second-order valence-corrected chi connectivity index (χ2v) is 2.46. The fraction of sp³-hybridized carbons (Fsp3) is 0.200. The lowest BCUT2D eigenvalue weighted by Crippen LogP contribution is -2.12. The van der Waals surface area contributed by atoms with Crippen LogP contribution in [0.2, 0.25) is 0 Å². The molecule has 0 aromatic carbocycles. The normalized spacial score (nSPS) is 10.8. The molecule has 1 rings (SSSR count). The molecule has 1 N–H and O–H groups in total. The van der Waals surface area contributed by atoms with E-state index in [9.17, 15) is 0 Å². The van der Waals surface area contributed by atoms with Crippen LogP contribution in [0.3, 0.4) is 0 Å². The second-order valence-electron chi connectivity index (χ2n) is 2.46. The molecule has 1 aromatic rings. The maximum atomic E-state index is 4.01.